The van der Waals surface area contributed by atoms with Crippen molar-refractivity contribution in [2.75, 3.05) is 6.61 Å². The first kappa shape index (κ1) is 26.8. The van der Waals surface area contributed by atoms with Gasteiger partial charge in [-0.1, -0.05) is 105 Å². The molecule has 0 aliphatic heterocycles. The standard InChI is InChI=1S/C30H40O2Si/c1-6-27(24-26(2)18-12-8-7-9-17-23-31)25-32-33(30(3,4)5,28-19-13-10-14-20-28)29-21-15-11-16-22-29/h6,9-11,13-17,19-24H,7-8,12,18,25H2,1-5H3/b17-9+,26-24+,27-6-. The highest BCUT2D eigenvalue weighted by atomic mass is 28.4. The summed E-state index contributed by atoms with van der Waals surface area (Å²) in [6.07, 6.45) is 13.1. The van der Waals surface area contributed by atoms with Gasteiger partial charge >= 0.3 is 0 Å². The Bertz CT molecular complexity index is 895. The minimum Gasteiger partial charge on any atom is -0.403 e. The first-order valence-corrected chi connectivity index (χ1v) is 13.9. The number of rotatable bonds is 12. The van der Waals surface area contributed by atoms with Gasteiger partial charge in [-0.3, -0.25) is 4.79 Å². The van der Waals surface area contributed by atoms with Crippen molar-refractivity contribution < 1.29 is 9.22 Å². The first-order chi connectivity index (χ1) is 15.8. The SMILES string of the molecule is C/C=C(/C=C(\C)CCCC/C=C/C=O)CO[Si](c1ccccc1)(c1ccccc1)C(C)(C)C. The number of carbonyl (C=O) groups is 1. The van der Waals surface area contributed by atoms with Crippen LogP contribution in [0.1, 0.15) is 60.3 Å². The highest BCUT2D eigenvalue weighted by molar-refractivity contribution is 6.99. The highest BCUT2D eigenvalue weighted by Gasteiger charge is 2.50. The van der Waals surface area contributed by atoms with E-state index >= 15 is 0 Å². The van der Waals surface area contributed by atoms with E-state index in [1.165, 1.54) is 21.5 Å². The van der Waals surface area contributed by atoms with Crippen molar-refractivity contribution in [2.45, 2.75) is 65.3 Å². The molecule has 0 saturated heterocycles. The molecular formula is C30H40O2Si. The van der Waals surface area contributed by atoms with Crippen molar-refractivity contribution in [3.8, 4) is 0 Å². The second-order valence-corrected chi connectivity index (χ2v) is 13.9. The van der Waals surface area contributed by atoms with E-state index in [0.717, 1.165) is 32.0 Å². The van der Waals surface area contributed by atoms with E-state index < -0.39 is 8.32 Å². The Balaban J connectivity index is 2.25. The Morgan fingerprint density at radius 2 is 1.52 bits per heavy atom. The van der Waals surface area contributed by atoms with Crippen LogP contribution in [0.25, 0.3) is 0 Å². The summed E-state index contributed by atoms with van der Waals surface area (Å²) in [5, 5.41) is 2.59. The summed E-state index contributed by atoms with van der Waals surface area (Å²) in [6.45, 7) is 11.8. The molecule has 0 N–H and O–H groups in total. The van der Waals surface area contributed by atoms with Gasteiger partial charge in [0.2, 0.25) is 0 Å². The number of hydrogen-bond donors (Lipinski definition) is 0. The molecule has 0 radical (unpaired) electrons. The third-order valence-electron chi connectivity index (χ3n) is 6.08. The summed E-state index contributed by atoms with van der Waals surface area (Å²) in [7, 11) is -2.53. The second-order valence-electron chi connectivity index (χ2n) is 9.62. The lowest BCUT2D eigenvalue weighted by atomic mass is 10.1. The molecule has 0 aliphatic rings. The number of carbonyl (C=O) groups excluding carboxylic acids is 1. The van der Waals surface area contributed by atoms with Crippen LogP contribution >= 0.6 is 0 Å². The summed E-state index contributed by atoms with van der Waals surface area (Å²) in [6, 6.07) is 21.6. The fourth-order valence-electron chi connectivity index (χ4n) is 4.37. The van der Waals surface area contributed by atoms with Crippen LogP contribution < -0.4 is 10.4 Å². The van der Waals surface area contributed by atoms with Gasteiger partial charge in [0.05, 0.1) is 6.61 Å². The zero-order valence-electron chi connectivity index (χ0n) is 21.0. The van der Waals surface area contributed by atoms with E-state index in [1.807, 2.05) is 6.08 Å². The van der Waals surface area contributed by atoms with E-state index in [2.05, 4.69) is 107 Å². The van der Waals surface area contributed by atoms with E-state index in [9.17, 15) is 4.79 Å². The maximum atomic E-state index is 10.4. The lowest BCUT2D eigenvalue weighted by Gasteiger charge is -2.43. The molecule has 33 heavy (non-hydrogen) atoms. The summed E-state index contributed by atoms with van der Waals surface area (Å²) >= 11 is 0. The van der Waals surface area contributed by atoms with Crippen LogP contribution in [0.3, 0.4) is 0 Å². The van der Waals surface area contributed by atoms with Crippen LogP contribution in [-0.4, -0.2) is 21.2 Å². The lowest BCUT2D eigenvalue weighted by Crippen LogP contribution is -2.66. The number of unbranched alkanes of at least 4 members (excludes halogenated alkanes) is 2. The maximum absolute atomic E-state index is 10.4. The second kappa shape index (κ2) is 13.3. The molecular weight excluding hydrogens is 420 g/mol. The number of benzene rings is 2. The van der Waals surface area contributed by atoms with Crippen LogP contribution in [0.4, 0.5) is 0 Å². The molecule has 3 heteroatoms. The Hall–Kier alpha value is -2.49. The fraction of sp³-hybridized carbons (Fsp3) is 0.367. The normalized spacial score (nSPS) is 13.5. The summed E-state index contributed by atoms with van der Waals surface area (Å²) in [5.41, 5.74) is 2.59. The van der Waals surface area contributed by atoms with Crippen molar-refractivity contribution in [1.29, 1.82) is 0 Å². The van der Waals surface area contributed by atoms with E-state index in [1.54, 1.807) is 6.08 Å². The molecule has 0 heterocycles. The molecule has 0 spiro atoms. The number of hydrogen-bond acceptors (Lipinski definition) is 2. The molecule has 2 rings (SSSR count). The predicted molar refractivity (Wildman–Crippen MR) is 145 cm³/mol. The number of allylic oxidation sites excluding steroid dienone is 4. The van der Waals surface area contributed by atoms with Gasteiger partial charge in [-0.25, -0.2) is 0 Å². The molecule has 2 nitrogen and oxygen atoms in total. The molecule has 0 saturated carbocycles. The molecule has 0 aliphatic carbocycles. The van der Waals surface area contributed by atoms with E-state index in [4.69, 9.17) is 4.43 Å². The van der Waals surface area contributed by atoms with Gasteiger partial charge in [0.15, 0.2) is 0 Å². The molecule has 0 bridgehead atoms. The summed E-state index contributed by atoms with van der Waals surface area (Å²) in [4.78, 5) is 10.4. The zero-order valence-corrected chi connectivity index (χ0v) is 22.0. The van der Waals surface area contributed by atoms with Crippen LogP contribution in [0.2, 0.25) is 5.04 Å². The van der Waals surface area contributed by atoms with Gasteiger partial charge in [0.1, 0.15) is 6.29 Å². The van der Waals surface area contributed by atoms with Gasteiger partial charge in [-0.2, -0.15) is 0 Å². The van der Waals surface area contributed by atoms with Crippen LogP contribution in [0, 0.1) is 0 Å². The fourth-order valence-corrected chi connectivity index (χ4v) is 8.91. The molecule has 2 aromatic rings. The van der Waals surface area contributed by atoms with Gasteiger partial charge in [0, 0.05) is 0 Å². The Morgan fingerprint density at radius 1 is 0.939 bits per heavy atom. The summed E-state index contributed by atoms with van der Waals surface area (Å²) in [5.74, 6) is 0. The smallest absolute Gasteiger partial charge is 0.261 e. The molecule has 0 fully saturated rings. The lowest BCUT2D eigenvalue weighted by molar-refractivity contribution is -0.104. The largest absolute Gasteiger partial charge is 0.403 e. The summed E-state index contributed by atoms with van der Waals surface area (Å²) < 4.78 is 7.07. The van der Waals surface area contributed by atoms with Gasteiger partial charge in [0.25, 0.3) is 8.32 Å². The predicted octanol–water partition coefficient (Wildman–Crippen LogP) is 6.77. The molecule has 0 unspecified atom stereocenters. The van der Waals surface area contributed by atoms with Crippen molar-refractivity contribution in [3.05, 3.63) is 96.1 Å². The Labute approximate surface area is 202 Å². The quantitative estimate of drug-likeness (QED) is 0.115. The molecule has 176 valence electrons. The average Bonchev–Trinajstić information content (AvgIpc) is 2.81. The zero-order chi connectivity index (χ0) is 24.2. The minimum absolute atomic E-state index is 0.0254. The number of aldehydes is 1. The third kappa shape index (κ3) is 7.51. The molecule has 0 amide bonds. The highest BCUT2D eigenvalue weighted by Crippen LogP contribution is 2.37. The van der Waals surface area contributed by atoms with Crippen LogP contribution in [0.5, 0.6) is 0 Å². The first-order valence-electron chi connectivity index (χ1n) is 12.0. The van der Waals surface area contributed by atoms with Gasteiger partial charge in [-0.15, -0.1) is 0 Å². The van der Waals surface area contributed by atoms with Gasteiger partial charge < -0.3 is 4.43 Å². The maximum Gasteiger partial charge on any atom is 0.261 e. The van der Waals surface area contributed by atoms with Crippen molar-refractivity contribution >= 4 is 25.0 Å². The van der Waals surface area contributed by atoms with Crippen LogP contribution in [-0.2, 0) is 9.22 Å². The van der Waals surface area contributed by atoms with Crippen molar-refractivity contribution in [3.63, 3.8) is 0 Å². The third-order valence-corrected chi connectivity index (χ3v) is 11.1. The van der Waals surface area contributed by atoms with Gasteiger partial charge in [-0.05, 0) is 66.6 Å². The van der Waals surface area contributed by atoms with E-state index in [-0.39, 0.29) is 5.04 Å². The topological polar surface area (TPSA) is 26.3 Å². The minimum atomic E-state index is -2.53. The Kier molecular flexibility index (Phi) is 10.8. The molecule has 0 aromatic heterocycles. The van der Waals surface area contributed by atoms with Crippen LogP contribution in [0.15, 0.2) is 96.1 Å². The van der Waals surface area contributed by atoms with Crippen molar-refractivity contribution in [1.82, 2.24) is 0 Å². The molecule has 0 atom stereocenters. The Morgan fingerprint density at radius 3 is 2.00 bits per heavy atom. The van der Waals surface area contributed by atoms with E-state index in [0.29, 0.717) is 6.61 Å². The average molecular weight is 461 g/mol. The monoisotopic (exact) mass is 460 g/mol. The molecule has 2 aromatic carbocycles. The van der Waals surface area contributed by atoms with Crippen molar-refractivity contribution in [2.24, 2.45) is 0 Å².